The second-order valence-corrected chi connectivity index (χ2v) is 7.02. The first-order chi connectivity index (χ1) is 7.40. The molecule has 1 aromatic heterocycles. The Balaban J connectivity index is 2.42. The summed E-state index contributed by atoms with van der Waals surface area (Å²) >= 11 is 1.46. The molecule has 0 radical (unpaired) electrons. The van der Waals surface area contributed by atoms with Crippen molar-refractivity contribution in [1.82, 2.24) is 9.88 Å². The molecule has 0 aromatic carbocycles. The molecule has 0 atom stereocenters. The molecule has 0 aliphatic heterocycles. The topological polar surface area (TPSA) is 88.3 Å². The number of hydrogen-bond donors (Lipinski definition) is 2. The number of aromatic nitrogens is 1. The largest absolute Gasteiger partial charge is 0.300 e. The van der Waals surface area contributed by atoms with Gasteiger partial charge in [0.1, 0.15) is 9.84 Å². The number of nitrogens with two attached hydrogens (primary N) is 1. The molecule has 6 nitrogen and oxygen atoms in total. The molecule has 0 bridgehead atoms. The van der Waals surface area contributed by atoms with Crippen molar-refractivity contribution in [3.63, 3.8) is 0 Å². The highest BCUT2D eigenvalue weighted by molar-refractivity contribution is 7.90. The van der Waals surface area contributed by atoms with Crippen molar-refractivity contribution in [3.05, 3.63) is 11.1 Å². The third-order valence-corrected chi connectivity index (χ3v) is 3.78. The second kappa shape index (κ2) is 5.58. The van der Waals surface area contributed by atoms with Gasteiger partial charge >= 0.3 is 0 Å². The standard InChI is InChI=1S/C8H16N4O2S2/c1-12(3-4-16(2,13)14)6-7-5-10-8(11-9)15-7/h5H,3-4,6,9H2,1-2H3,(H,10,11). The molecule has 92 valence electrons. The van der Waals surface area contributed by atoms with Crippen molar-refractivity contribution in [1.29, 1.82) is 0 Å². The summed E-state index contributed by atoms with van der Waals surface area (Å²) in [6, 6.07) is 0. The van der Waals surface area contributed by atoms with Crippen LogP contribution >= 0.6 is 11.3 Å². The minimum absolute atomic E-state index is 0.171. The maximum atomic E-state index is 11.0. The van der Waals surface area contributed by atoms with Gasteiger partial charge < -0.3 is 4.90 Å². The molecule has 0 aliphatic rings. The number of thiazole rings is 1. The van der Waals surface area contributed by atoms with E-state index in [2.05, 4.69) is 10.4 Å². The van der Waals surface area contributed by atoms with Gasteiger partial charge in [-0.15, -0.1) is 0 Å². The van der Waals surface area contributed by atoms with E-state index in [1.807, 2.05) is 11.9 Å². The van der Waals surface area contributed by atoms with Crippen LogP contribution in [0.2, 0.25) is 0 Å². The van der Waals surface area contributed by atoms with E-state index in [-0.39, 0.29) is 5.75 Å². The Morgan fingerprint density at radius 3 is 2.81 bits per heavy atom. The summed E-state index contributed by atoms with van der Waals surface area (Å²) in [5.41, 5.74) is 2.47. The van der Waals surface area contributed by atoms with Crippen LogP contribution in [0, 0.1) is 0 Å². The Hall–Kier alpha value is -0.700. The fourth-order valence-corrected chi connectivity index (χ4v) is 2.56. The summed E-state index contributed by atoms with van der Waals surface area (Å²) in [6.45, 7) is 1.19. The van der Waals surface area contributed by atoms with Crippen molar-refractivity contribution >= 4 is 26.3 Å². The van der Waals surface area contributed by atoms with E-state index in [4.69, 9.17) is 5.84 Å². The van der Waals surface area contributed by atoms with Gasteiger partial charge in [-0.3, -0.25) is 5.43 Å². The van der Waals surface area contributed by atoms with E-state index in [0.29, 0.717) is 18.2 Å². The van der Waals surface area contributed by atoms with E-state index in [0.717, 1.165) is 4.88 Å². The molecule has 1 rings (SSSR count). The van der Waals surface area contributed by atoms with E-state index < -0.39 is 9.84 Å². The summed E-state index contributed by atoms with van der Waals surface area (Å²) in [6.07, 6.45) is 2.97. The number of rotatable bonds is 6. The smallest absolute Gasteiger partial charge is 0.197 e. The van der Waals surface area contributed by atoms with E-state index in [9.17, 15) is 8.42 Å². The van der Waals surface area contributed by atoms with Gasteiger partial charge in [-0.1, -0.05) is 11.3 Å². The molecule has 0 saturated carbocycles. The van der Waals surface area contributed by atoms with Gasteiger partial charge in [-0.2, -0.15) is 0 Å². The summed E-state index contributed by atoms with van der Waals surface area (Å²) in [5.74, 6) is 5.39. The van der Waals surface area contributed by atoms with Crippen LogP contribution in [-0.2, 0) is 16.4 Å². The fraction of sp³-hybridized carbons (Fsp3) is 0.625. The Labute approximate surface area is 99.4 Å². The van der Waals surface area contributed by atoms with Crippen LogP contribution in [0.25, 0.3) is 0 Å². The minimum Gasteiger partial charge on any atom is -0.300 e. The van der Waals surface area contributed by atoms with Gasteiger partial charge in [0.2, 0.25) is 0 Å². The Kier molecular flexibility index (Phi) is 4.66. The highest BCUT2D eigenvalue weighted by Gasteiger charge is 2.08. The number of sulfone groups is 1. The van der Waals surface area contributed by atoms with Gasteiger partial charge in [0.25, 0.3) is 0 Å². The lowest BCUT2D eigenvalue weighted by molar-refractivity contribution is 0.349. The summed E-state index contributed by atoms with van der Waals surface area (Å²) in [7, 11) is -1.02. The van der Waals surface area contributed by atoms with Crippen molar-refractivity contribution < 1.29 is 8.42 Å². The molecule has 1 heterocycles. The first kappa shape index (κ1) is 13.4. The fourth-order valence-electron chi connectivity index (χ4n) is 1.11. The Bertz CT molecular complexity index is 429. The van der Waals surface area contributed by atoms with Crippen molar-refractivity contribution in [2.45, 2.75) is 6.54 Å². The van der Waals surface area contributed by atoms with Gasteiger partial charge in [0, 0.05) is 30.4 Å². The number of nitrogens with one attached hydrogen (secondary N) is 1. The van der Waals surface area contributed by atoms with Crippen molar-refractivity contribution in [2.24, 2.45) is 5.84 Å². The molecule has 0 fully saturated rings. The molecular formula is C8H16N4O2S2. The maximum absolute atomic E-state index is 11.0. The predicted octanol–water partition coefficient (Wildman–Crippen LogP) is -0.0949. The summed E-state index contributed by atoms with van der Waals surface area (Å²) < 4.78 is 22.0. The van der Waals surface area contributed by atoms with Crippen LogP contribution in [0.15, 0.2) is 6.20 Å². The first-order valence-electron chi connectivity index (χ1n) is 4.68. The quantitative estimate of drug-likeness (QED) is 0.551. The van der Waals surface area contributed by atoms with Crippen molar-refractivity contribution in [3.8, 4) is 0 Å². The average Bonchev–Trinajstić information content (AvgIpc) is 2.61. The van der Waals surface area contributed by atoms with Crippen LogP contribution in [0.4, 0.5) is 5.13 Å². The number of hydrogen-bond acceptors (Lipinski definition) is 7. The lowest BCUT2D eigenvalue weighted by Gasteiger charge is -2.14. The lowest BCUT2D eigenvalue weighted by Crippen LogP contribution is -2.24. The Morgan fingerprint density at radius 1 is 1.62 bits per heavy atom. The molecule has 3 N–H and O–H groups in total. The van der Waals surface area contributed by atoms with Crippen molar-refractivity contribution in [2.75, 3.05) is 31.0 Å². The molecule has 0 aliphatic carbocycles. The minimum atomic E-state index is -2.90. The molecule has 0 unspecified atom stereocenters. The molecule has 16 heavy (non-hydrogen) atoms. The van der Waals surface area contributed by atoms with E-state index in [1.165, 1.54) is 17.6 Å². The monoisotopic (exact) mass is 264 g/mol. The second-order valence-electron chi connectivity index (χ2n) is 3.64. The third kappa shape index (κ3) is 4.88. The number of hydrazine groups is 1. The van der Waals surface area contributed by atoms with Crippen LogP contribution in [0.5, 0.6) is 0 Å². The number of anilines is 1. The summed E-state index contributed by atoms with van der Waals surface area (Å²) in [4.78, 5) is 7.02. The van der Waals surface area contributed by atoms with Crippen LogP contribution < -0.4 is 11.3 Å². The van der Waals surface area contributed by atoms with Gasteiger partial charge in [0.15, 0.2) is 5.13 Å². The average molecular weight is 264 g/mol. The molecule has 0 spiro atoms. The lowest BCUT2D eigenvalue weighted by atomic mass is 10.5. The molecule has 0 saturated heterocycles. The molecule has 8 heteroatoms. The predicted molar refractivity (Wildman–Crippen MR) is 66.0 cm³/mol. The zero-order valence-electron chi connectivity index (χ0n) is 9.30. The Morgan fingerprint density at radius 2 is 2.31 bits per heavy atom. The normalized spacial score (nSPS) is 12.0. The highest BCUT2D eigenvalue weighted by atomic mass is 32.2. The van der Waals surface area contributed by atoms with Gasteiger partial charge in [-0.25, -0.2) is 19.2 Å². The first-order valence-corrected chi connectivity index (χ1v) is 7.56. The third-order valence-electron chi connectivity index (χ3n) is 1.95. The van der Waals surface area contributed by atoms with Crippen LogP contribution in [0.1, 0.15) is 4.88 Å². The van der Waals surface area contributed by atoms with Crippen LogP contribution in [-0.4, -0.2) is 43.9 Å². The van der Waals surface area contributed by atoms with E-state index >= 15 is 0 Å². The maximum Gasteiger partial charge on any atom is 0.197 e. The van der Waals surface area contributed by atoms with Crippen LogP contribution in [0.3, 0.4) is 0 Å². The van der Waals surface area contributed by atoms with Gasteiger partial charge in [-0.05, 0) is 7.05 Å². The number of nitrogen functional groups attached to an aromatic ring is 1. The zero-order chi connectivity index (χ0) is 12.2. The summed E-state index contributed by atoms with van der Waals surface area (Å²) in [5, 5.41) is 0.659. The molecule has 1 aromatic rings. The highest BCUT2D eigenvalue weighted by Crippen LogP contribution is 2.17. The SMILES string of the molecule is CN(CCS(C)(=O)=O)Cc1cnc(NN)s1. The molecular weight excluding hydrogens is 248 g/mol. The molecule has 0 amide bonds. The zero-order valence-corrected chi connectivity index (χ0v) is 10.9. The van der Waals surface area contributed by atoms with Gasteiger partial charge in [0.05, 0.1) is 5.75 Å². The van der Waals surface area contributed by atoms with E-state index in [1.54, 1.807) is 6.20 Å². The number of nitrogens with zero attached hydrogens (tertiary/aromatic N) is 2.